The van der Waals surface area contributed by atoms with Gasteiger partial charge in [-0.05, 0) is 24.3 Å². The fourth-order valence-electron chi connectivity index (χ4n) is 2.81. The fraction of sp³-hybridized carbons (Fsp3) is 0.167. The molecule has 0 bridgehead atoms. The van der Waals surface area contributed by atoms with Gasteiger partial charge in [-0.2, -0.15) is 28.6 Å². The molecule has 0 aliphatic carbocycles. The molecule has 9 nitrogen and oxygen atoms in total. The number of hydrogen-bond acceptors (Lipinski definition) is 7. The number of sulfone groups is 1. The van der Waals surface area contributed by atoms with Crippen molar-refractivity contribution < 1.29 is 21.6 Å². The second kappa shape index (κ2) is 7.17. The maximum Gasteiger partial charge on any atom is 0.433 e. The summed E-state index contributed by atoms with van der Waals surface area (Å²) in [7, 11) is -3.75. The van der Waals surface area contributed by atoms with Crippen LogP contribution < -0.4 is 0 Å². The van der Waals surface area contributed by atoms with Crippen LogP contribution in [0.2, 0.25) is 0 Å². The van der Waals surface area contributed by atoms with Gasteiger partial charge in [-0.15, -0.1) is 0 Å². The van der Waals surface area contributed by atoms with Gasteiger partial charge in [0.15, 0.2) is 27.2 Å². The molecule has 0 spiro atoms. The number of aromatic nitrogens is 6. The summed E-state index contributed by atoms with van der Waals surface area (Å²) in [5.74, 6) is -0.139. The zero-order chi connectivity index (χ0) is 22.4. The highest BCUT2D eigenvalue weighted by atomic mass is 32.2. The van der Waals surface area contributed by atoms with Crippen molar-refractivity contribution in [2.45, 2.75) is 18.0 Å². The highest BCUT2D eigenvalue weighted by Crippen LogP contribution is 2.30. The van der Waals surface area contributed by atoms with Crippen molar-refractivity contribution in [3.05, 3.63) is 54.2 Å². The van der Waals surface area contributed by atoms with Crippen LogP contribution in [0.5, 0.6) is 0 Å². The van der Waals surface area contributed by atoms with Crippen LogP contribution in [0.15, 0.2) is 47.8 Å². The van der Waals surface area contributed by atoms with Crippen LogP contribution in [0.1, 0.15) is 18.3 Å². The third kappa shape index (κ3) is 3.73. The highest BCUT2D eigenvalue weighted by Gasteiger charge is 2.33. The van der Waals surface area contributed by atoms with Gasteiger partial charge in [-0.25, -0.2) is 22.8 Å². The average Bonchev–Trinajstić information content (AvgIpc) is 3.39. The second-order valence-corrected chi connectivity index (χ2v) is 8.60. The van der Waals surface area contributed by atoms with E-state index in [4.69, 9.17) is 5.26 Å². The van der Waals surface area contributed by atoms with Crippen molar-refractivity contribution in [2.75, 3.05) is 5.75 Å². The summed E-state index contributed by atoms with van der Waals surface area (Å²) in [6, 6.07) is 6.82. The second-order valence-electron chi connectivity index (χ2n) is 6.35. The lowest BCUT2D eigenvalue weighted by Crippen LogP contribution is -2.13. The van der Waals surface area contributed by atoms with Gasteiger partial charge in [-0.3, -0.25) is 4.98 Å². The van der Waals surface area contributed by atoms with Gasteiger partial charge >= 0.3 is 6.18 Å². The Balaban J connectivity index is 1.92. The number of halogens is 3. The van der Waals surface area contributed by atoms with E-state index < -0.39 is 21.7 Å². The van der Waals surface area contributed by atoms with Crippen molar-refractivity contribution in [1.82, 2.24) is 29.5 Å². The van der Waals surface area contributed by atoms with E-state index in [-0.39, 0.29) is 38.9 Å². The summed E-state index contributed by atoms with van der Waals surface area (Å²) in [6.45, 7) is 1.46. The number of nitriles is 1. The molecule has 0 amide bonds. The number of hydrogen-bond donors (Lipinski definition) is 0. The number of nitrogens with zero attached hydrogens (tertiary/aromatic N) is 7. The molecule has 0 aromatic carbocycles. The van der Waals surface area contributed by atoms with Crippen LogP contribution in [0.3, 0.4) is 0 Å². The first-order chi connectivity index (χ1) is 14.6. The molecule has 0 N–H and O–H groups in total. The SMILES string of the molecule is CCS(=O)(=O)c1ccc(-n2ccc(C#N)n2)nc1-n1cc2cnc(C(F)(F)F)cc2n1. The molecule has 0 aliphatic heterocycles. The van der Waals surface area contributed by atoms with Crippen molar-refractivity contribution in [2.24, 2.45) is 0 Å². The lowest BCUT2D eigenvalue weighted by atomic mass is 10.3. The molecular weight excluding hydrogens is 435 g/mol. The predicted octanol–water partition coefficient (Wildman–Crippen LogP) is 2.69. The minimum Gasteiger partial charge on any atom is -0.251 e. The molecule has 0 radical (unpaired) electrons. The normalized spacial score (nSPS) is 12.2. The van der Waals surface area contributed by atoms with E-state index in [9.17, 15) is 21.6 Å². The molecule has 158 valence electrons. The van der Waals surface area contributed by atoms with E-state index >= 15 is 0 Å². The summed E-state index contributed by atoms with van der Waals surface area (Å²) in [6.07, 6.45) is -0.831. The van der Waals surface area contributed by atoms with Crippen LogP contribution >= 0.6 is 0 Å². The molecule has 4 aromatic rings. The first-order valence-electron chi connectivity index (χ1n) is 8.75. The van der Waals surface area contributed by atoms with E-state index in [2.05, 4.69) is 20.2 Å². The molecule has 4 rings (SSSR count). The molecule has 13 heteroatoms. The largest absolute Gasteiger partial charge is 0.433 e. The van der Waals surface area contributed by atoms with Crippen molar-refractivity contribution in [3.8, 4) is 17.7 Å². The molecule has 0 saturated heterocycles. The Kier molecular flexibility index (Phi) is 4.74. The topological polar surface area (TPSA) is 119 Å². The van der Waals surface area contributed by atoms with Crippen LogP contribution in [0, 0.1) is 11.3 Å². The predicted molar refractivity (Wildman–Crippen MR) is 101 cm³/mol. The van der Waals surface area contributed by atoms with E-state index in [0.29, 0.717) is 0 Å². The Morgan fingerprint density at radius 2 is 1.94 bits per heavy atom. The molecule has 0 fully saturated rings. The Morgan fingerprint density at radius 1 is 1.16 bits per heavy atom. The summed E-state index contributed by atoms with van der Waals surface area (Å²) in [5, 5.41) is 17.3. The molecular formula is C18H12F3N7O2S. The number of fused-ring (bicyclic) bond motifs is 1. The molecule has 4 heterocycles. The first-order valence-corrected chi connectivity index (χ1v) is 10.4. The van der Waals surface area contributed by atoms with Crippen LogP contribution in [-0.2, 0) is 16.0 Å². The maximum absolute atomic E-state index is 13.0. The fourth-order valence-corrected chi connectivity index (χ4v) is 3.81. The summed E-state index contributed by atoms with van der Waals surface area (Å²) in [5.41, 5.74) is -1.02. The molecule has 4 aromatic heterocycles. The molecule has 0 atom stereocenters. The lowest BCUT2D eigenvalue weighted by Gasteiger charge is -2.10. The Morgan fingerprint density at radius 3 is 2.58 bits per heavy atom. The van der Waals surface area contributed by atoms with Gasteiger partial charge in [0.1, 0.15) is 16.7 Å². The zero-order valence-electron chi connectivity index (χ0n) is 15.7. The average molecular weight is 447 g/mol. The Hall–Kier alpha value is -3.79. The van der Waals surface area contributed by atoms with E-state index in [1.165, 1.54) is 42.2 Å². The minimum absolute atomic E-state index is 0.0276. The van der Waals surface area contributed by atoms with Gasteiger partial charge in [0.25, 0.3) is 0 Å². The lowest BCUT2D eigenvalue weighted by molar-refractivity contribution is -0.141. The van der Waals surface area contributed by atoms with Gasteiger partial charge in [0.2, 0.25) is 0 Å². The van der Waals surface area contributed by atoms with E-state index in [1.807, 2.05) is 6.07 Å². The van der Waals surface area contributed by atoms with Gasteiger partial charge in [-0.1, -0.05) is 6.92 Å². The molecule has 31 heavy (non-hydrogen) atoms. The van der Waals surface area contributed by atoms with Crippen LogP contribution in [-0.4, -0.2) is 43.7 Å². The third-order valence-electron chi connectivity index (χ3n) is 4.37. The van der Waals surface area contributed by atoms with Crippen molar-refractivity contribution in [3.63, 3.8) is 0 Å². The van der Waals surface area contributed by atoms with Crippen molar-refractivity contribution >= 4 is 20.7 Å². The zero-order valence-corrected chi connectivity index (χ0v) is 16.6. The van der Waals surface area contributed by atoms with Crippen LogP contribution in [0.4, 0.5) is 13.2 Å². The molecule has 0 unspecified atom stereocenters. The summed E-state index contributed by atoms with van der Waals surface area (Å²) >= 11 is 0. The summed E-state index contributed by atoms with van der Waals surface area (Å²) < 4.78 is 66.4. The first kappa shape index (κ1) is 20.5. The van der Waals surface area contributed by atoms with Crippen molar-refractivity contribution in [1.29, 1.82) is 5.26 Å². The molecule has 0 saturated carbocycles. The van der Waals surface area contributed by atoms with Gasteiger partial charge in [0.05, 0.1) is 11.3 Å². The maximum atomic E-state index is 13.0. The number of pyridine rings is 2. The smallest absolute Gasteiger partial charge is 0.251 e. The van der Waals surface area contributed by atoms with E-state index in [0.717, 1.165) is 16.9 Å². The summed E-state index contributed by atoms with van der Waals surface area (Å²) in [4.78, 5) is 7.55. The van der Waals surface area contributed by atoms with E-state index in [1.54, 1.807) is 0 Å². The van der Waals surface area contributed by atoms with Crippen LogP contribution in [0.25, 0.3) is 22.5 Å². The Bertz CT molecular complexity index is 1450. The van der Waals surface area contributed by atoms with Gasteiger partial charge < -0.3 is 0 Å². The number of alkyl halides is 3. The van der Waals surface area contributed by atoms with Gasteiger partial charge in [0, 0.05) is 24.0 Å². The quantitative estimate of drug-likeness (QED) is 0.472. The highest BCUT2D eigenvalue weighted by molar-refractivity contribution is 7.91. The third-order valence-corrected chi connectivity index (χ3v) is 6.12. The standard InChI is InChI=1S/C18H12F3N7O2S/c1-2-31(29,30)14-3-4-16(27-6-5-12(8-22)25-27)24-17(14)28-10-11-9-23-15(18(19,20)21)7-13(11)26-28/h3-7,9-10H,2H2,1H3. The monoisotopic (exact) mass is 447 g/mol. The Labute approximate surface area is 173 Å². The number of rotatable bonds is 4. The minimum atomic E-state index is -4.65. The molecule has 0 aliphatic rings.